The average molecular weight is 437 g/mol. The van der Waals surface area contributed by atoms with Gasteiger partial charge in [0.2, 0.25) is 0 Å². The van der Waals surface area contributed by atoms with Gasteiger partial charge in [-0.25, -0.2) is 9.78 Å². The first-order chi connectivity index (χ1) is 15.5. The molecule has 1 atom stereocenters. The lowest BCUT2D eigenvalue weighted by Crippen LogP contribution is -2.41. The summed E-state index contributed by atoms with van der Waals surface area (Å²) in [7, 11) is 1.61. The number of ether oxygens (including phenoxy) is 1. The Morgan fingerprint density at radius 3 is 2.53 bits per heavy atom. The van der Waals surface area contributed by atoms with Gasteiger partial charge in [-0.1, -0.05) is 43.7 Å². The van der Waals surface area contributed by atoms with Crippen LogP contribution < -0.4 is 10.9 Å². The lowest BCUT2D eigenvalue weighted by Gasteiger charge is -2.32. The van der Waals surface area contributed by atoms with E-state index < -0.39 is 0 Å². The smallest absolute Gasteiger partial charge is 0.322 e. The number of nitrogens with one attached hydrogen (secondary N) is 1. The van der Waals surface area contributed by atoms with Crippen LogP contribution in [0.25, 0.3) is 10.9 Å². The molecule has 0 aliphatic carbocycles. The molecule has 0 saturated carbocycles. The van der Waals surface area contributed by atoms with Gasteiger partial charge in [-0.15, -0.1) is 0 Å². The predicted octanol–water partition coefficient (Wildman–Crippen LogP) is 4.75. The number of rotatable bonds is 9. The number of aromatic nitrogens is 2. The predicted molar refractivity (Wildman–Crippen MR) is 128 cm³/mol. The summed E-state index contributed by atoms with van der Waals surface area (Å²) in [6.07, 6.45) is 1.41. The van der Waals surface area contributed by atoms with Gasteiger partial charge in [0.25, 0.3) is 5.56 Å². The normalized spacial score (nSPS) is 12.0. The number of urea groups is 1. The van der Waals surface area contributed by atoms with Crippen molar-refractivity contribution < 1.29 is 9.53 Å². The molecule has 2 aromatic carbocycles. The first-order valence-corrected chi connectivity index (χ1v) is 11.1. The zero-order valence-corrected chi connectivity index (χ0v) is 19.3. The van der Waals surface area contributed by atoms with Crippen molar-refractivity contribution >= 4 is 22.6 Å². The molecular weight excluding hydrogens is 404 g/mol. The van der Waals surface area contributed by atoms with Crippen LogP contribution in [0.5, 0.6) is 0 Å². The highest BCUT2D eigenvalue weighted by Gasteiger charge is 2.28. The van der Waals surface area contributed by atoms with E-state index >= 15 is 0 Å². The van der Waals surface area contributed by atoms with Crippen LogP contribution in [0.3, 0.4) is 0 Å². The highest BCUT2D eigenvalue weighted by Crippen LogP contribution is 2.25. The Labute approximate surface area is 189 Å². The van der Waals surface area contributed by atoms with Gasteiger partial charge in [0.05, 0.1) is 30.1 Å². The molecule has 1 N–H and O–H groups in total. The summed E-state index contributed by atoms with van der Waals surface area (Å²) in [6, 6.07) is 14.5. The number of fused-ring (bicyclic) bond motifs is 1. The minimum Gasteiger partial charge on any atom is -0.383 e. The van der Waals surface area contributed by atoms with Crippen LogP contribution in [0, 0.1) is 6.92 Å². The van der Waals surface area contributed by atoms with E-state index in [0.717, 1.165) is 17.7 Å². The fourth-order valence-corrected chi connectivity index (χ4v) is 3.85. The van der Waals surface area contributed by atoms with Crippen molar-refractivity contribution in [1.29, 1.82) is 0 Å². The summed E-state index contributed by atoms with van der Waals surface area (Å²) in [6.45, 7) is 7.35. The highest BCUT2D eigenvalue weighted by atomic mass is 16.5. The third-order valence-electron chi connectivity index (χ3n) is 5.50. The number of aryl methyl sites for hydroxylation is 1. The molecule has 3 aromatic rings. The van der Waals surface area contributed by atoms with Crippen LogP contribution in [0.4, 0.5) is 10.5 Å². The van der Waals surface area contributed by atoms with E-state index in [1.165, 1.54) is 0 Å². The van der Waals surface area contributed by atoms with Gasteiger partial charge in [0.1, 0.15) is 5.82 Å². The van der Waals surface area contributed by atoms with Crippen molar-refractivity contribution in [3.8, 4) is 0 Å². The number of carbonyl (C=O) groups is 1. The monoisotopic (exact) mass is 436 g/mol. The van der Waals surface area contributed by atoms with Gasteiger partial charge in [-0.3, -0.25) is 9.36 Å². The second-order valence-corrected chi connectivity index (χ2v) is 7.85. The molecule has 170 valence electrons. The second kappa shape index (κ2) is 10.9. The maximum Gasteiger partial charge on any atom is 0.322 e. The molecule has 0 radical (unpaired) electrons. The number of anilines is 1. The third-order valence-corrected chi connectivity index (χ3v) is 5.50. The molecule has 7 nitrogen and oxygen atoms in total. The minimum atomic E-state index is -0.352. The van der Waals surface area contributed by atoms with E-state index in [9.17, 15) is 9.59 Å². The summed E-state index contributed by atoms with van der Waals surface area (Å²) in [5.74, 6) is 0.584. The first-order valence-electron chi connectivity index (χ1n) is 11.1. The minimum absolute atomic E-state index is 0.114. The van der Waals surface area contributed by atoms with E-state index in [1.807, 2.05) is 63.2 Å². The van der Waals surface area contributed by atoms with Gasteiger partial charge in [0, 0.05) is 19.3 Å². The number of amides is 2. The summed E-state index contributed by atoms with van der Waals surface area (Å²) >= 11 is 0. The SMILES string of the molecule is CCCN(C(=O)Nc1ccc(C)cc1)C(CC)c1nc2ccccc2c(=O)n1CCOC. The number of para-hydroxylation sites is 1. The van der Waals surface area contributed by atoms with Crippen LogP contribution >= 0.6 is 0 Å². The molecule has 1 aromatic heterocycles. The van der Waals surface area contributed by atoms with Gasteiger partial charge in [-0.05, 0) is 44.0 Å². The zero-order valence-electron chi connectivity index (χ0n) is 19.3. The van der Waals surface area contributed by atoms with Crippen molar-refractivity contribution in [2.45, 2.75) is 46.2 Å². The molecule has 1 heterocycles. The Bertz CT molecular complexity index is 1110. The van der Waals surface area contributed by atoms with E-state index in [0.29, 0.717) is 42.8 Å². The average Bonchev–Trinajstić information content (AvgIpc) is 2.80. The maximum atomic E-state index is 13.3. The molecule has 0 spiro atoms. The number of carbonyl (C=O) groups excluding carboxylic acids is 1. The summed E-state index contributed by atoms with van der Waals surface area (Å²) in [5.41, 5.74) is 2.38. The van der Waals surface area contributed by atoms with Crippen LogP contribution in [-0.4, -0.2) is 40.7 Å². The third kappa shape index (κ3) is 5.16. The fourth-order valence-electron chi connectivity index (χ4n) is 3.85. The van der Waals surface area contributed by atoms with Crippen molar-refractivity contribution in [3.63, 3.8) is 0 Å². The number of benzene rings is 2. The molecule has 1 unspecified atom stereocenters. The van der Waals surface area contributed by atoms with E-state index in [4.69, 9.17) is 9.72 Å². The van der Waals surface area contributed by atoms with Crippen molar-refractivity contribution in [3.05, 3.63) is 70.3 Å². The van der Waals surface area contributed by atoms with Gasteiger partial charge in [-0.2, -0.15) is 0 Å². The lowest BCUT2D eigenvalue weighted by molar-refractivity contribution is 0.169. The standard InChI is InChI=1S/C25H32N4O3/c1-5-15-28(25(31)26-19-13-11-18(3)12-14-19)22(6-2)23-27-21-10-8-7-9-20(21)24(30)29(23)16-17-32-4/h7-14,22H,5-6,15-17H2,1-4H3,(H,26,31). The topological polar surface area (TPSA) is 76.5 Å². The quantitative estimate of drug-likeness (QED) is 0.525. The number of hydrogen-bond donors (Lipinski definition) is 1. The molecule has 2 amide bonds. The molecule has 0 aliphatic rings. The van der Waals surface area contributed by atoms with Crippen molar-refractivity contribution in [2.24, 2.45) is 0 Å². The van der Waals surface area contributed by atoms with Crippen LogP contribution in [-0.2, 0) is 11.3 Å². The Morgan fingerprint density at radius 2 is 1.88 bits per heavy atom. The number of nitrogens with zero attached hydrogens (tertiary/aromatic N) is 3. The zero-order chi connectivity index (χ0) is 23.1. The van der Waals surface area contributed by atoms with Crippen molar-refractivity contribution in [1.82, 2.24) is 14.5 Å². The molecule has 0 saturated heterocycles. The molecule has 3 rings (SSSR count). The number of methoxy groups -OCH3 is 1. The molecule has 32 heavy (non-hydrogen) atoms. The Morgan fingerprint density at radius 1 is 1.16 bits per heavy atom. The van der Waals surface area contributed by atoms with E-state index in [1.54, 1.807) is 22.6 Å². The Hall–Kier alpha value is -3.19. The molecule has 7 heteroatoms. The van der Waals surface area contributed by atoms with Gasteiger partial charge < -0.3 is 15.0 Å². The van der Waals surface area contributed by atoms with Crippen LogP contribution in [0.15, 0.2) is 53.3 Å². The maximum absolute atomic E-state index is 13.3. The summed E-state index contributed by atoms with van der Waals surface area (Å²) in [4.78, 5) is 33.2. The van der Waals surface area contributed by atoms with Gasteiger partial charge in [0.15, 0.2) is 0 Å². The second-order valence-electron chi connectivity index (χ2n) is 7.85. The van der Waals surface area contributed by atoms with E-state index in [2.05, 4.69) is 5.32 Å². The molecule has 0 fully saturated rings. The van der Waals surface area contributed by atoms with E-state index in [-0.39, 0.29) is 17.6 Å². The fraction of sp³-hybridized carbons (Fsp3) is 0.400. The van der Waals surface area contributed by atoms with Crippen LogP contribution in [0.1, 0.15) is 44.1 Å². The van der Waals surface area contributed by atoms with Crippen LogP contribution in [0.2, 0.25) is 0 Å². The Kier molecular flexibility index (Phi) is 8.00. The highest BCUT2D eigenvalue weighted by molar-refractivity contribution is 5.89. The number of hydrogen-bond acceptors (Lipinski definition) is 4. The first kappa shape index (κ1) is 23.5. The Balaban J connectivity index is 2.05. The summed E-state index contributed by atoms with van der Waals surface area (Å²) < 4.78 is 6.90. The van der Waals surface area contributed by atoms with Crippen molar-refractivity contribution in [2.75, 3.05) is 25.6 Å². The molecular formula is C25H32N4O3. The largest absolute Gasteiger partial charge is 0.383 e. The molecule has 0 bridgehead atoms. The molecule has 0 aliphatic heterocycles. The van der Waals surface area contributed by atoms with Gasteiger partial charge >= 0.3 is 6.03 Å². The summed E-state index contributed by atoms with van der Waals surface area (Å²) in [5, 5.41) is 3.56. The lowest BCUT2D eigenvalue weighted by atomic mass is 10.1.